The molecule has 22 heavy (non-hydrogen) atoms. The van der Waals surface area contributed by atoms with Gasteiger partial charge in [-0.2, -0.15) is 13.2 Å². The van der Waals surface area contributed by atoms with Crippen LogP contribution in [0.15, 0.2) is 4.99 Å². The molecule has 2 fully saturated rings. The molecule has 0 bridgehead atoms. The van der Waals surface area contributed by atoms with E-state index >= 15 is 0 Å². The number of nitrogens with one attached hydrogen (secondary N) is 2. The van der Waals surface area contributed by atoms with Crippen molar-refractivity contribution in [1.29, 1.82) is 0 Å². The van der Waals surface area contributed by atoms with Gasteiger partial charge in [-0.3, -0.25) is 4.99 Å². The number of aliphatic imine (C=N–C) groups is 1. The zero-order valence-corrected chi connectivity index (χ0v) is 13.1. The quantitative estimate of drug-likeness (QED) is 0.618. The van der Waals surface area contributed by atoms with Gasteiger partial charge in [0, 0.05) is 26.7 Å². The molecule has 1 saturated carbocycles. The Hall–Kier alpha value is -0.980. The summed E-state index contributed by atoms with van der Waals surface area (Å²) in [5, 5.41) is 6.19. The van der Waals surface area contributed by atoms with E-state index in [0.717, 1.165) is 25.9 Å². The SMILES string of the molecule is CN=C(NCC1CCCO1)NCC1CCCCC1C(F)(F)F. The molecule has 3 unspecified atom stereocenters. The smallest absolute Gasteiger partial charge is 0.376 e. The lowest BCUT2D eigenvalue weighted by Gasteiger charge is -2.33. The maximum Gasteiger partial charge on any atom is 0.392 e. The van der Waals surface area contributed by atoms with E-state index in [1.54, 1.807) is 7.05 Å². The largest absolute Gasteiger partial charge is 0.392 e. The van der Waals surface area contributed by atoms with Crippen LogP contribution >= 0.6 is 0 Å². The van der Waals surface area contributed by atoms with Gasteiger partial charge in [0.05, 0.1) is 12.0 Å². The van der Waals surface area contributed by atoms with Gasteiger partial charge in [0.1, 0.15) is 0 Å². The first-order valence-electron chi connectivity index (χ1n) is 8.13. The average molecular weight is 321 g/mol. The van der Waals surface area contributed by atoms with Crippen LogP contribution < -0.4 is 10.6 Å². The topological polar surface area (TPSA) is 45.7 Å². The summed E-state index contributed by atoms with van der Waals surface area (Å²) in [6.45, 7) is 1.75. The highest BCUT2D eigenvalue weighted by molar-refractivity contribution is 5.79. The Kier molecular flexibility index (Phi) is 6.35. The Balaban J connectivity index is 1.78. The van der Waals surface area contributed by atoms with Crippen LogP contribution in [0.4, 0.5) is 13.2 Å². The molecule has 1 aliphatic heterocycles. The minimum Gasteiger partial charge on any atom is -0.376 e. The monoisotopic (exact) mass is 321 g/mol. The van der Waals surface area contributed by atoms with Crippen molar-refractivity contribution >= 4 is 5.96 Å². The van der Waals surface area contributed by atoms with Crippen molar-refractivity contribution in [2.75, 3.05) is 26.7 Å². The molecule has 2 aliphatic rings. The maximum atomic E-state index is 13.1. The summed E-state index contributed by atoms with van der Waals surface area (Å²) in [5.41, 5.74) is 0. The molecular weight excluding hydrogens is 295 g/mol. The van der Waals surface area contributed by atoms with Gasteiger partial charge in [-0.25, -0.2) is 0 Å². The van der Waals surface area contributed by atoms with Crippen molar-refractivity contribution in [2.45, 2.75) is 50.8 Å². The van der Waals surface area contributed by atoms with Gasteiger partial charge in [0.2, 0.25) is 0 Å². The second-order valence-corrected chi connectivity index (χ2v) is 6.16. The maximum absolute atomic E-state index is 13.1. The lowest BCUT2D eigenvalue weighted by atomic mass is 9.79. The summed E-state index contributed by atoms with van der Waals surface area (Å²) >= 11 is 0. The normalized spacial score (nSPS) is 30.4. The van der Waals surface area contributed by atoms with Gasteiger partial charge in [-0.15, -0.1) is 0 Å². The van der Waals surface area contributed by atoms with E-state index in [4.69, 9.17) is 4.74 Å². The fraction of sp³-hybridized carbons (Fsp3) is 0.933. The summed E-state index contributed by atoms with van der Waals surface area (Å²) in [7, 11) is 1.63. The van der Waals surface area contributed by atoms with E-state index in [2.05, 4.69) is 15.6 Å². The molecule has 3 atom stereocenters. The van der Waals surface area contributed by atoms with Crippen molar-refractivity contribution in [3.63, 3.8) is 0 Å². The van der Waals surface area contributed by atoms with E-state index in [1.165, 1.54) is 0 Å². The second-order valence-electron chi connectivity index (χ2n) is 6.16. The van der Waals surface area contributed by atoms with E-state index in [-0.39, 0.29) is 18.4 Å². The van der Waals surface area contributed by atoms with Crippen LogP contribution in [0.3, 0.4) is 0 Å². The summed E-state index contributed by atoms with van der Waals surface area (Å²) in [5.74, 6) is -0.998. The lowest BCUT2D eigenvalue weighted by Crippen LogP contribution is -2.45. The Morgan fingerprint density at radius 1 is 1.09 bits per heavy atom. The molecule has 0 aromatic carbocycles. The molecule has 0 radical (unpaired) electrons. The number of guanidine groups is 1. The Bertz CT molecular complexity index is 368. The van der Waals surface area contributed by atoms with Crippen molar-refractivity contribution in [3.8, 4) is 0 Å². The van der Waals surface area contributed by atoms with Gasteiger partial charge in [0.25, 0.3) is 0 Å². The van der Waals surface area contributed by atoms with Gasteiger partial charge in [0.15, 0.2) is 5.96 Å². The zero-order chi connectivity index (χ0) is 16.0. The van der Waals surface area contributed by atoms with Crippen LogP contribution in [0.2, 0.25) is 0 Å². The first-order chi connectivity index (χ1) is 10.5. The molecule has 7 heteroatoms. The molecule has 0 amide bonds. The molecular formula is C15H26F3N3O. The first kappa shape index (κ1) is 17.4. The third kappa shape index (κ3) is 5.04. The third-order valence-electron chi connectivity index (χ3n) is 4.61. The van der Waals surface area contributed by atoms with E-state index in [0.29, 0.717) is 31.9 Å². The highest BCUT2D eigenvalue weighted by Crippen LogP contribution is 2.41. The van der Waals surface area contributed by atoms with Gasteiger partial charge in [-0.1, -0.05) is 12.8 Å². The van der Waals surface area contributed by atoms with Crippen LogP contribution in [0.1, 0.15) is 38.5 Å². The van der Waals surface area contributed by atoms with E-state index in [1.807, 2.05) is 0 Å². The molecule has 2 rings (SSSR count). The Labute approximate surface area is 129 Å². The Morgan fingerprint density at radius 2 is 1.82 bits per heavy atom. The van der Waals surface area contributed by atoms with Crippen molar-refractivity contribution in [3.05, 3.63) is 0 Å². The number of ether oxygens (including phenoxy) is 1. The number of nitrogens with zero attached hydrogens (tertiary/aromatic N) is 1. The number of hydrogen-bond donors (Lipinski definition) is 2. The van der Waals surface area contributed by atoms with E-state index in [9.17, 15) is 13.2 Å². The Morgan fingerprint density at radius 3 is 2.45 bits per heavy atom. The van der Waals surface area contributed by atoms with Crippen LogP contribution in [-0.2, 0) is 4.74 Å². The fourth-order valence-electron chi connectivity index (χ4n) is 3.35. The van der Waals surface area contributed by atoms with Crippen molar-refractivity contribution in [1.82, 2.24) is 10.6 Å². The van der Waals surface area contributed by atoms with Crippen LogP contribution in [0, 0.1) is 11.8 Å². The molecule has 0 aromatic heterocycles. The molecule has 128 valence electrons. The predicted octanol–water partition coefficient (Wildman–Crippen LogP) is 2.70. The standard InChI is InChI=1S/C15H26F3N3O/c1-19-14(21-10-12-6-4-8-22-12)20-9-11-5-2-3-7-13(11)15(16,17)18/h11-13H,2-10H2,1H3,(H2,19,20,21). The molecule has 1 aliphatic carbocycles. The highest BCUT2D eigenvalue weighted by Gasteiger charge is 2.45. The summed E-state index contributed by atoms with van der Waals surface area (Å²) in [6, 6.07) is 0. The summed E-state index contributed by atoms with van der Waals surface area (Å²) in [4.78, 5) is 4.08. The van der Waals surface area contributed by atoms with Gasteiger partial charge < -0.3 is 15.4 Å². The fourth-order valence-corrected chi connectivity index (χ4v) is 3.35. The van der Waals surface area contributed by atoms with Crippen molar-refractivity contribution in [2.24, 2.45) is 16.8 Å². The number of rotatable bonds is 4. The second kappa shape index (κ2) is 8.04. The molecule has 2 N–H and O–H groups in total. The lowest BCUT2D eigenvalue weighted by molar-refractivity contribution is -0.195. The van der Waals surface area contributed by atoms with Crippen LogP contribution in [0.25, 0.3) is 0 Å². The van der Waals surface area contributed by atoms with Crippen molar-refractivity contribution < 1.29 is 17.9 Å². The van der Waals surface area contributed by atoms with Crippen LogP contribution in [-0.4, -0.2) is 45.0 Å². The number of halogens is 3. The van der Waals surface area contributed by atoms with E-state index < -0.39 is 12.1 Å². The number of hydrogen-bond acceptors (Lipinski definition) is 2. The van der Waals surface area contributed by atoms with Gasteiger partial charge in [-0.05, 0) is 31.6 Å². The summed E-state index contributed by atoms with van der Waals surface area (Å²) in [6.07, 6.45) is 0.583. The summed E-state index contributed by atoms with van der Waals surface area (Å²) < 4.78 is 44.7. The molecule has 1 heterocycles. The number of alkyl halides is 3. The molecule has 0 spiro atoms. The zero-order valence-electron chi connectivity index (χ0n) is 13.1. The molecule has 1 saturated heterocycles. The van der Waals surface area contributed by atoms with Gasteiger partial charge >= 0.3 is 6.18 Å². The average Bonchev–Trinajstić information content (AvgIpc) is 3.00. The predicted molar refractivity (Wildman–Crippen MR) is 79.8 cm³/mol. The minimum absolute atomic E-state index is 0.177. The molecule has 4 nitrogen and oxygen atoms in total. The third-order valence-corrected chi connectivity index (χ3v) is 4.61. The molecule has 0 aromatic rings. The minimum atomic E-state index is -4.10. The van der Waals surface area contributed by atoms with Crippen LogP contribution in [0.5, 0.6) is 0 Å². The first-order valence-corrected chi connectivity index (χ1v) is 8.13. The highest BCUT2D eigenvalue weighted by atomic mass is 19.4.